The van der Waals surface area contributed by atoms with Crippen LogP contribution in [0.5, 0.6) is 0 Å². The maximum absolute atomic E-state index is 13.4. The van der Waals surface area contributed by atoms with Crippen molar-refractivity contribution in [2.75, 3.05) is 51.4 Å². The van der Waals surface area contributed by atoms with Gasteiger partial charge in [0.2, 0.25) is 10.0 Å². The highest BCUT2D eigenvalue weighted by atomic mass is 32.2. The molecule has 0 atom stereocenters. The van der Waals surface area contributed by atoms with Gasteiger partial charge in [0.05, 0.1) is 36.6 Å². The maximum Gasteiger partial charge on any atom is 0.348 e. The molecule has 0 spiro atoms. The second-order valence-electron chi connectivity index (χ2n) is 8.68. The summed E-state index contributed by atoms with van der Waals surface area (Å²) in [5.41, 5.74) is 3.95. The van der Waals surface area contributed by atoms with E-state index in [1.807, 2.05) is 36.6 Å². The Morgan fingerprint density at radius 2 is 1.77 bits per heavy atom. The molecular weight excluding hydrogens is 468 g/mol. The number of rotatable bonds is 6. The summed E-state index contributed by atoms with van der Waals surface area (Å²) in [5.74, 6) is -0.700. The Balaban J connectivity index is 1.86. The molecule has 2 saturated heterocycles. The number of hydrogen-bond donors (Lipinski definition) is 0. The number of hydrogen-bond acceptors (Lipinski definition) is 7. The number of nitriles is 1. The molecule has 9 nitrogen and oxygen atoms in total. The smallest absolute Gasteiger partial charge is 0.348 e. The molecule has 0 radical (unpaired) electrons. The van der Waals surface area contributed by atoms with Gasteiger partial charge in [-0.1, -0.05) is 0 Å². The van der Waals surface area contributed by atoms with Gasteiger partial charge >= 0.3 is 5.97 Å². The lowest BCUT2D eigenvalue weighted by molar-refractivity contribution is -0.135. The van der Waals surface area contributed by atoms with Crippen molar-refractivity contribution < 1.29 is 22.7 Å². The third-order valence-electron chi connectivity index (χ3n) is 6.54. The van der Waals surface area contributed by atoms with E-state index in [9.17, 15) is 18.5 Å². The highest BCUT2D eigenvalue weighted by molar-refractivity contribution is 7.89. The third kappa shape index (κ3) is 4.85. The van der Waals surface area contributed by atoms with Gasteiger partial charge in [-0.3, -0.25) is 0 Å². The van der Waals surface area contributed by atoms with Crippen molar-refractivity contribution in [2.24, 2.45) is 0 Å². The van der Waals surface area contributed by atoms with Crippen LogP contribution in [0.15, 0.2) is 34.7 Å². The average Bonchev–Trinajstić information content (AvgIpc) is 3.50. The van der Waals surface area contributed by atoms with Gasteiger partial charge in [0.15, 0.2) is 0 Å². The number of ether oxygens (including phenoxy) is 2. The van der Waals surface area contributed by atoms with E-state index in [-0.39, 0.29) is 10.5 Å². The zero-order chi connectivity index (χ0) is 25.2. The molecule has 0 unspecified atom stereocenters. The van der Waals surface area contributed by atoms with Gasteiger partial charge in [-0.2, -0.15) is 9.57 Å². The van der Waals surface area contributed by atoms with Gasteiger partial charge in [0.1, 0.15) is 11.6 Å². The Morgan fingerprint density at radius 3 is 2.40 bits per heavy atom. The molecule has 1 aromatic heterocycles. The van der Waals surface area contributed by atoms with E-state index in [0.717, 1.165) is 48.7 Å². The minimum Gasteiger partial charge on any atom is -0.465 e. The molecule has 4 rings (SSSR count). The second-order valence-corrected chi connectivity index (χ2v) is 10.6. The van der Waals surface area contributed by atoms with Crippen LogP contribution in [0.1, 0.15) is 29.8 Å². The molecule has 0 saturated carbocycles. The Morgan fingerprint density at radius 1 is 1.09 bits per heavy atom. The van der Waals surface area contributed by atoms with Crippen LogP contribution in [-0.2, 0) is 24.3 Å². The number of morpholine rings is 1. The molecule has 2 aliphatic heterocycles. The molecule has 2 fully saturated rings. The number of benzene rings is 1. The summed E-state index contributed by atoms with van der Waals surface area (Å²) in [4.78, 5) is 14.4. The van der Waals surface area contributed by atoms with E-state index in [1.165, 1.54) is 17.5 Å². The summed E-state index contributed by atoms with van der Waals surface area (Å²) in [6.07, 6.45) is 3.67. The lowest BCUT2D eigenvalue weighted by Gasteiger charge is -2.28. The lowest BCUT2D eigenvalue weighted by Crippen LogP contribution is -2.40. The van der Waals surface area contributed by atoms with E-state index < -0.39 is 16.0 Å². The minimum absolute atomic E-state index is 0.101. The number of esters is 1. The Bertz CT molecular complexity index is 1290. The standard InChI is InChI=1S/C25H30N4O5S/c1-18-14-20(15-21(17-26)25(30)33-3)19(2)29(18)24-16-22(6-7-23(24)27-8-4-5-9-27)35(31,32)28-10-12-34-13-11-28/h6-7,14-16H,4-5,8-13H2,1-3H3/b21-15+. The molecule has 3 heterocycles. The van der Waals surface area contributed by atoms with Crippen molar-refractivity contribution in [2.45, 2.75) is 31.6 Å². The van der Waals surface area contributed by atoms with Crippen LogP contribution < -0.4 is 4.90 Å². The quantitative estimate of drug-likeness (QED) is 0.343. The Hall–Kier alpha value is -3.13. The number of carbonyl (C=O) groups is 1. The van der Waals surface area contributed by atoms with Gasteiger partial charge in [-0.25, -0.2) is 13.2 Å². The topological polar surface area (TPSA) is 105 Å². The zero-order valence-corrected chi connectivity index (χ0v) is 21.1. The number of carbonyl (C=O) groups excluding carboxylic acids is 1. The van der Waals surface area contributed by atoms with E-state index >= 15 is 0 Å². The normalized spacial score (nSPS) is 17.4. The zero-order valence-electron chi connectivity index (χ0n) is 20.3. The largest absolute Gasteiger partial charge is 0.465 e. The van der Waals surface area contributed by atoms with E-state index in [0.29, 0.717) is 31.9 Å². The van der Waals surface area contributed by atoms with Crippen molar-refractivity contribution in [3.05, 3.63) is 46.8 Å². The fourth-order valence-electron chi connectivity index (χ4n) is 4.71. The summed E-state index contributed by atoms with van der Waals surface area (Å²) in [5, 5.41) is 9.40. The van der Waals surface area contributed by atoms with Crippen LogP contribution in [0.2, 0.25) is 0 Å². The van der Waals surface area contributed by atoms with Gasteiger partial charge in [-0.15, -0.1) is 0 Å². The molecule has 2 aromatic rings. The summed E-state index contributed by atoms with van der Waals surface area (Å²) in [6, 6.07) is 9.08. The first-order valence-corrected chi connectivity index (χ1v) is 13.1. The van der Waals surface area contributed by atoms with Crippen LogP contribution in [0.3, 0.4) is 0 Å². The molecule has 186 valence electrons. The summed E-state index contributed by atoms with van der Waals surface area (Å²) in [7, 11) is -2.45. The molecule has 0 N–H and O–H groups in total. The number of nitrogens with zero attached hydrogens (tertiary/aromatic N) is 4. The monoisotopic (exact) mass is 498 g/mol. The average molecular weight is 499 g/mol. The first kappa shape index (κ1) is 25.0. The third-order valence-corrected chi connectivity index (χ3v) is 8.43. The molecule has 1 aromatic carbocycles. The van der Waals surface area contributed by atoms with E-state index in [1.54, 1.807) is 12.1 Å². The molecule has 0 bridgehead atoms. The van der Waals surface area contributed by atoms with Crippen molar-refractivity contribution in [3.63, 3.8) is 0 Å². The molecule has 2 aliphatic rings. The van der Waals surface area contributed by atoms with Gasteiger partial charge in [0.25, 0.3) is 0 Å². The van der Waals surface area contributed by atoms with E-state index in [2.05, 4.69) is 4.90 Å². The van der Waals surface area contributed by atoms with Crippen molar-refractivity contribution in [1.82, 2.24) is 8.87 Å². The van der Waals surface area contributed by atoms with Gasteiger partial charge in [-0.05, 0) is 62.6 Å². The molecule has 0 amide bonds. The lowest BCUT2D eigenvalue weighted by atomic mass is 10.1. The predicted molar refractivity (Wildman–Crippen MR) is 132 cm³/mol. The number of aromatic nitrogens is 1. The maximum atomic E-state index is 13.4. The first-order chi connectivity index (χ1) is 16.8. The fraction of sp³-hybridized carbons (Fsp3) is 0.440. The van der Waals surface area contributed by atoms with Crippen LogP contribution in [0.25, 0.3) is 11.8 Å². The summed E-state index contributed by atoms with van der Waals surface area (Å²) in [6.45, 7) is 7.02. The Kier molecular flexibility index (Phi) is 7.31. The van der Waals surface area contributed by atoms with Crippen molar-refractivity contribution in [3.8, 4) is 11.8 Å². The molecule has 10 heteroatoms. The SMILES string of the molecule is COC(=O)/C(C#N)=C/c1cc(C)n(-c2cc(S(=O)(=O)N3CCOCC3)ccc2N2CCCC2)c1C. The first-order valence-electron chi connectivity index (χ1n) is 11.6. The van der Waals surface area contributed by atoms with Crippen LogP contribution in [0, 0.1) is 25.2 Å². The number of methoxy groups -OCH3 is 1. The summed E-state index contributed by atoms with van der Waals surface area (Å²) >= 11 is 0. The van der Waals surface area contributed by atoms with Gasteiger partial charge in [0, 0.05) is 37.6 Å². The predicted octanol–water partition coefficient (Wildman–Crippen LogP) is 2.80. The van der Waals surface area contributed by atoms with Gasteiger partial charge < -0.3 is 18.9 Å². The second kappa shape index (κ2) is 10.2. The molecule has 35 heavy (non-hydrogen) atoms. The number of anilines is 1. The van der Waals surface area contributed by atoms with Crippen LogP contribution in [-0.4, -0.2) is 69.8 Å². The van der Waals surface area contributed by atoms with E-state index in [4.69, 9.17) is 9.47 Å². The molecule has 0 aliphatic carbocycles. The highest BCUT2D eigenvalue weighted by Gasteiger charge is 2.29. The van der Waals surface area contributed by atoms with Crippen molar-refractivity contribution in [1.29, 1.82) is 5.26 Å². The number of sulfonamides is 1. The van der Waals surface area contributed by atoms with Crippen molar-refractivity contribution >= 4 is 27.8 Å². The van der Waals surface area contributed by atoms with Crippen LogP contribution >= 0.6 is 0 Å². The number of aryl methyl sites for hydroxylation is 1. The Labute approximate surface area is 206 Å². The minimum atomic E-state index is -3.68. The summed E-state index contributed by atoms with van der Waals surface area (Å²) < 4.78 is 40.3. The highest BCUT2D eigenvalue weighted by Crippen LogP contribution is 2.34. The fourth-order valence-corrected chi connectivity index (χ4v) is 6.14. The molecular formula is C25H30N4O5S. The van der Waals surface area contributed by atoms with Crippen LogP contribution in [0.4, 0.5) is 5.69 Å².